The van der Waals surface area contributed by atoms with Gasteiger partial charge in [0.2, 0.25) is 0 Å². The number of nitrogens with zero attached hydrogens (tertiary/aromatic N) is 5. The summed E-state index contributed by atoms with van der Waals surface area (Å²) in [6.07, 6.45) is 4.63. The van der Waals surface area contributed by atoms with Crippen LogP contribution in [0.25, 0.3) is 11.4 Å². The molecule has 2 heterocycles. The fourth-order valence-electron chi connectivity index (χ4n) is 1.31. The lowest BCUT2D eigenvalue weighted by Crippen LogP contribution is -2.04. The molecule has 0 spiro atoms. The number of aryl methyl sites for hydroxylation is 1. The molecule has 2 aromatic heterocycles. The molecular formula is C10H8FN5. The molecular weight excluding hydrogens is 209 g/mol. The lowest BCUT2D eigenvalue weighted by atomic mass is 10.3. The Balaban J connectivity index is 2.41. The van der Waals surface area contributed by atoms with Crippen LogP contribution >= 0.6 is 0 Å². The first-order chi connectivity index (χ1) is 7.85. The van der Waals surface area contributed by atoms with E-state index in [9.17, 15) is 4.39 Å². The minimum absolute atomic E-state index is 0.0726. The van der Waals surface area contributed by atoms with Crippen LogP contribution in [0.15, 0.2) is 24.7 Å². The molecule has 0 saturated heterocycles. The Morgan fingerprint density at radius 1 is 1.38 bits per heavy atom. The monoisotopic (exact) mass is 217 g/mol. The van der Waals surface area contributed by atoms with Crippen LogP contribution < -0.4 is 0 Å². The molecule has 0 aliphatic heterocycles. The Labute approximate surface area is 91.2 Å². The molecule has 0 radical (unpaired) electrons. The molecule has 0 atom stereocenters. The van der Waals surface area contributed by atoms with Crippen LogP contribution in [0.1, 0.15) is 5.69 Å². The van der Waals surface area contributed by atoms with Gasteiger partial charge >= 0.3 is 0 Å². The summed E-state index contributed by atoms with van der Waals surface area (Å²) in [4.78, 5) is 7.96. The first kappa shape index (κ1) is 10.2. The fraction of sp³-hybridized carbons (Fsp3) is 0.200. The first-order valence-corrected chi connectivity index (χ1v) is 4.65. The van der Waals surface area contributed by atoms with Crippen LogP contribution in [-0.2, 0) is 6.54 Å². The number of alkyl halides is 1. The SMILES string of the molecule is N#Cc1cc(-c2cnccn2)nn1CCF. The standard InChI is InChI=1S/C10H8FN5/c11-1-4-16-8(6-12)5-9(15-16)10-7-13-2-3-14-10/h2-3,5,7H,1,4H2. The van der Waals surface area contributed by atoms with Crippen molar-refractivity contribution in [3.8, 4) is 17.5 Å². The zero-order valence-corrected chi connectivity index (χ0v) is 8.34. The molecule has 0 bridgehead atoms. The normalized spacial score (nSPS) is 10.0. The van der Waals surface area contributed by atoms with E-state index in [4.69, 9.17) is 5.26 Å². The molecule has 0 unspecified atom stereocenters. The smallest absolute Gasteiger partial charge is 0.139 e. The topological polar surface area (TPSA) is 67.4 Å². The van der Waals surface area contributed by atoms with Crippen molar-refractivity contribution in [1.82, 2.24) is 19.7 Å². The predicted octanol–water partition coefficient (Wildman–Crippen LogP) is 1.18. The molecule has 5 nitrogen and oxygen atoms in total. The van der Waals surface area contributed by atoms with Gasteiger partial charge in [-0.25, -0.2) is 4.39 Å². The van der Waals surface area contributed by atoms with Crippen molar-refractivity contribution in [2.45, 2.75) is 6.54 Å². The van der Waals surface area contributed by atoms with Gasteiger partial charge in [0.25, 0.3) is 0 Å². The number of hydrogen-bond acceptors (Lipinski definition) is 4. The van der Waals surface area contributed by atoms with Gasteiger partial charge in [0.1, 0.15) is 29.8 Å². The van der Waals surface area contributed by atoms with Gasteiger partial charge in [-0.2, -0.15) is 10.4 Å². The van der Waals surface area contributed by atoms with Gasteiger partial charge in [0.05, 0.1) is 12.7 Å². The Hall–Kier alpha value is -2.29. The Bertz CT molecular complexity index is 514. The number of rotatable bonds is 3. The molecule has 0 aromatic carbocycles. The van der Waals surface area contributed by atoms with Crippen molar-refractivity contribution in [1.29, 1.82) is 5.26 Å². The second-order valence-corrected chi connectivity index (χ2v) is 3.03. The van der Waals surface area contributed by atoms with Gasteiger partial charge in [-0.05, 0) is 0 Å². The van der Waals surface area contributed by atoms with E-state index in [0.29, 0.717) is 17.1 Å². The maximum Gasteiger partial charge on any atom is 0.139 e. The summed E-state index contributed by atoms with van der Waals surface area (Å²) < 4.78 is 13.5. The summed E-state index contributed by atoms with van der Waals surface area (Å²) in [5.74, 6) is 0. The van der Waals surface area contributed by atoms with Crippen LogP contribution in [0.4, 0.5) is 4.39 Å². The Morgan fingerprint density at radius 2 is 2.25 bits per heavy atom. The molecule has 80 valence electrons. The van der Waals surface area contributed by atoms with E-state index in [-0.39, 0.29) is 6.54 Å². The molecule has 0 fully saturated rings. The summed E-state index contributed by atoms with van der Waals surface area (Å²) in [6.45, 7) is -0.487. The molecule has 16 heavy (non-hydrogen) atoms. The lowest BCUT2D eigenvalue weighted by Gasteiger charge is -1.96. The predicted molar refractivity (Wildman–Crippen MR) is 53.9 cm³/mol. The Kier molecular flexibility index (Phi) is 2.87. The fourth-order valence-corrected chi connectivity index (χ4v) is 1.31. The summed E-state index contributed by atoms with van der Waals surface area (Å²) in [7, 11) is 0. The van der Waals surface area contributed by atoms with Gasteiger partial charge in [-0.15, -0.1) is 0 Å². The number of aromatic nitrogens is 4. The van der Waals surface area contributed by atoms with Crippen LogP contribution in [0, 0.1) is 11.3 Å². The summed E-state index contributed by atoms with van der Waals surface area (Å²) in [6, 6.07) is 3.53. The number of nitriles is 1. The van der Waals surface area contributed by atoms with Gasteiger partial charge in [-0.1, -0.05) is 0 Å². The number of halogens is 1. The molecule has 6 heteroatoms. The average molecular weight is 217 g/mol. The van der Waals surface area contributed by atoms with Gasteiger partial charge in [0, 0.05) is 18.5 Å². The van der Waals surface area contributed by atoms with E-state index in [2.05, 4.69) is 15.1 Å². The molecule has 0 aliphatic rings. The third kappa shape index (κ3) is 1.88. The van der Waals surface area contributed by atoms with Crippen LogP contribution in [0.2, 0.25) is 0 Å². The molecule has 2 aromatic rings. The highest BCUT2D eigenvalue weighted by Gasteiger charge is 2.09. The van der Waals surface area contributed by atoms with E-state index in [0.717, 1.165) is 0 Å². The van der Waals surface area contributed by atoms with Crippen molar-refractivity contribution < 1.29 is 4.39 Å². The van der Waals surface area contributed by atoms with Gasteiger partial charge in [0.15, 0.2) is 0 Å². The number of hydrogen-bond donors (Lipinski definition) is 0. The van der Waals surface area contributed by atoms with Gasteiger partial charge in [-0.3, -0.25) is 14.6 Å². The van der Waals surface area contributed by atoms with Crippen molar-refractivity contribution >= 4 is 0 Å². The Morgan fingerprint density at radius 3 is 2.88 bits per heavy atom. The van der Waals surface area contributed by atoms with E-state index in [1.165, 1.54) is 10.9 Å². The van der Waals surface area contributed by atoms with E-state index >= 15 is 0 Å². The quantitative estimate of drug-likeness (QED) is 0.774. The highest BCUT2D eigenvalue weighted by Crippen LogP contribution is 2.15. The zero-order chi connectivity index (χ0) is 11.4. The molecule has 0 saturated carbocycles. The van der Waals surface area contributed by atoms with Gasteiger partial charge < -0.3 is 0 Å². The largest absolute Gasteiger partial charge is 0.261 e. The first-order valence-electron chi connectivity index (χ1n) is 4.65. The van der Waals surface area contributed by atoms with Crippen LogP contribution in [0.5, 0.6) is 0 Å². The third-order valence-corrected chi connectivity index (χ3v) is 2.02. The van der Waals surface area contributed by atoms with E-state index in [1.54, 1.807) is 18.5 Å². The van der Waals surface area contributed by atoms with Crippen molar-refractivity contribution in [3.63, 3.8) is 0 Å². The van der Waals surface area contributed by atoms with E-state index < -0.39 is 6.67 Å². The van der Waals surface area contributed by atoms with Crippen LogP contribution in [0.3, 0.4) is 0 Å². The second kappa shape index (κ2) is 4.49. The lowest BCUT2D eigenvalue weighted by molar-refractivity contribution is 0.426. The minimum Gasteiger partial charge on any atom is -0.261 e. The summed E-state index contributed by atoms with van der Waals surface area (Å²) in [5.41, 5.74) is 1.41. The maximum absolute atomic E-state index is 12.2. The third-order valence-electron chi connectivity index (χ3n) is 2.02. The highest BCUT2D eigenvalue weighted by molar-refractivity contribution is 5.54. The highest BCUT2D eigenvalue weighted by atomic mass is 19.1. The summed E-state index contributed by atoms with van der Waals surface area (Å²) >= 11 is 0. The zero-order valence-electron chi connectivity index (χ0n) is 8.34. The minimum atomic E-state index is -0.559. The van der Waals surface area contributed by atoms with Crippen molar-refractivity contribution in [2.24, 2.45) is 0 Å². The van der Waals surface area contributed by atoms with Crippen molar-refractivity contribution in [2.75, 3.05) is 6.67 Å². The second-order valence-electron chi connectivity index (χ2n) is 3.03. The summed E-state index contributed by atoms with van der Waals surface area (Å²) in [5, 5.41) is 12.9. The molecule has 0 amide bonds. The molecule has 2 rings (SSSR count). The maximum atomic E-state index is 12.2. The van der Waals surface area contributed by atoms with Crippen molar-refractivity contribution in [3.05, 3.63) is 30.4 Å². The van der Waals surface area contributed by atoms with E-state index in [1.807, 2.05) is 6.07 Å². The molecule has 0 aliphatic carbocycles. The van der Waals surface area contributed by atoms with Crippen LogP contribution in [-0.4, -0.2) is 26.4 Å². The average Bonchev–Trinajstić information content (AvgIpc) is 2.74. The molecule has 0 N–H and O–H groups in total.